The average molecular weight is 430 g/mol. The fraction of sp³-hybridized carbons (Fsp3) is 0.417. The molecule has 31 heavy (non-hydrogen) atoms. The van der Waals surface area contributed by atoms with Crippen molar-refractivity contribution in [3.8, 4) is 5.75 Å². The second-order valence-corrected chi connectivity index (χ2v) is 7.78. The molecule has 0 amide bonds. The van der Waals surface area contributed by atoms with E-state index in [0.717, 1.165) is 51.6 Å². The summed E-state index contributed by atoms with van der Waals surface area (Å²) >= 11 is 0. The molecule has 0 bridgehead atoms. The normalized spacial score (nSPS) is 14.3. The minimum atomic E-state index is -1.82. The van der Waals surface area contributed by atoms with E-state index >= 15 is 0 Å². The zero-order valence-electron chi connectivity index (χ0n) is 18.1. The second-order valence-electron chi connectivity index (χ2n) is 7.78. The maximum absolute atomic E-state index is 9.10. The molecule has 1 fully saturated rings. The number of aliphatic carboxylic acids is 2. The van der Waals surface area contributed by atoms with Crippen LogP contribution >= 0.6 is 0 Å². The predicted octanol–water partition coefficient (Wildman–Crippen LogP) is 3.27. The predicted molar refractivity (Wildman–Crippen MR) is 118 cm³/mol. The summed E-state index contributed by atoms with van der Waals surface area (Å²) in [5.74, 6) is -2.69. The molecule has 0 atom stereocenters. The van der Waals surface area contributed by atoms with Crippen LogP contribution in [0.5, 0.6) is 5.75 Å². The molecular formula is C24H31NO6. The molecule has 1 aliphatic rings. The number of carboxylic acids is 2. The number of hydrogen-bond donors (Lipinski definition) is 2. The van der Waals surface area contributed by atoms with Crippen LogP contribution in [0, 0.1) is 0 Å². The van der Waals surface area contributed by atoms with Crippen LogP contribution in [0.2, 0.25) is 0 Å². The van der Waals surface area contributed by atoms with Crippen molar-refractivity contribution in [3.05, 3.63) is 65.7 Å². The third-order valence-electron chi connectivity index (χ3n) is 5.25. The number of nitrogens with zero attached hydrogens (tertiary/aromatic N) is 1. The molecule has 2 aromatic carbocycles. The molecule has 2 N–H and O–H groups in total. The van der Waals surface area contributed by atoms with Crippen molar-refractivity contribution in [2.75, 3.05) is 39.5 Å². The smallest absolute Gasteiger partial charge is 0.414 e. The summed E-state index contributed by atoms with van der Waals surface area (Å²) in [6.45, 7) is 10.2. The quantitative estimate of drug-likeness (QED) is 0.515. The van der Waals surface area contributed by atoms with E-state index in [4.69, 9.17) is 29.3 Å². The highest BCUT2D eigenvalue weighted by molar-refractivity contribution is 6.27. The Morgan fingerprint density at radius 3 is 2.03 bits per heavy atom. The first-order valence-corrected chi connectivity index (χ1v) is 10.4. The standard InChI is InChI=1S/C22H29NO2.C2H2O4/c1-22(2,19-7-4-3-5-8-19)20-9-11-21(12-10-20)25-16-6-13-23-14-17-24-18-15-23;3-1(4)2(5)6/h3-5,7-12H,6,13-18H2,1-2H3;(H,3,4)(H,5,6). The molecule has 2 aromatic rings. The van der Waals surface area contributed by atoms with Gasteiger partial charge in [-0.25, -0.2) is 9.59 Å². The van der Waals surface area contributed by atoms with Crippen LogP contribution in [0.15, 0.2) is 54.6 Å². The summed E-state index contributed by atoms with van der Waals surface area (Å²) in [7, 11) is 0. The van der Waals surface area contributed by atoms with E-state index in [1.54, 1.807) is 0 Å². The Bertz CT molecular complexity index is 802. The van der Waals surface area contributed by atoms with E-state index in [2.05, 4.69) is 73.3 Å². The number of hydrogen-bond acceptors (Lipinski definition) is 5. The Morgan fingerprint density at radius 1 is 0.935 bits per heavy atom. The highest BCUT2D eigenvalue weighted by Gasteiger charge is 2.22. The molecule has 1 aliphatic heterocycles. The fourth-order valence-electron chi connectivity index (χ4n) is 3.29. The Labute approximate surface area is 183 Å². The van der Waals surface area contributed by atoms with Crippen LogP contribution in [0.4, 0.5) is 0 Å². The first-order chi connectivity index (χ1) is 14.8. The molecule has 1 heterocycles. The highest BCUT2D eigenvalue weighted by Crippen LogP contribution is 2.32. The molecule has 0 aromatic heterocycles. The number of carboxylic acid groups (broad SMARTS) is 2. The molecule has 168 valence electrons. The first-order valence-electron chi connectivity index (χ1n) is 10.4. The van der Waals surface area contributed by atoms with Gasteiger partial charge in [0.1, 0.15) is 5.75 Å². The van der Waals surface area contributed by atoms with Gasteiger partial charge in [-0.1, -0.05) is 56.3 Å². The number of carbonyl (C=O) groups is 2. The van der Waals surface area contributed by atoms with Crippen molar-refractivity contribution >= 4 is 11.9 Å². The van der Waals surface area contributed by atoms with Gasteiger partial charge in [0.15, 0.2) is 0 Å². The molecule has 0 aliphatic carbocycles. The summed E-state index contributed by atoms with van der Waals surface area (Å²) < 4.78 is 11.3. The van der Waals surface area contributed by atoms with Gasteiger partial charge in [-0.2, -0.15) is 0 Å². The van der Waals surface area contributed by atoms with Crippen molar-refractivity contribution in [1.82, 2.24) is 4.90 Å². The van der Waals surface area contributed by atoms with Crippen LogP contribution in [0.3, 0.4) is 0 Å². The molecule has 0 spiro atoms. The minimum Gasteiger partial charge on any atom is -0.494 e. The maximum atomic E-state index is 9.10. The largest absolute Gasteiger partial charge is 0.494 e. The van der Waals surface area contributed by atoms with Gasteiger partial charge >= 0.3 is 11.9 Å². The molecule has 1 saturated heterocycles. The molecule has 0 radical (unpaired) electrons. The van der Waals surface area contributed by atoms with Gasteiger partial charge in [-0.15, -0.1) is 0 Å². The van der Waals surface area contributed by atoms with Gasteiger partial charge in [0.05, 0.1) is 19.8 Å². The van der Waals surface area contributed by atoms with Crippen molar-refractivity contribution in [2.24, 2.45) is 0 Å². The summed E-state index contributed by atoms with van der Waals surface area (Å²) in [6, 6.07) is 19.2. The lowest BCUT2D eigenvalue weighted by Crippen LogP contribution is -2.37. The van der Waals surface area contributed by atoms with E-state index in [9.17, 15) is 0 Å². The number of ether oxygens (including phenoxy) is 2. The minimum absolute atomic E-state index is 0.00385. The van der Waals surface area contributed by atoms with Crippen LogP contribution in [0.1, 0.15) is 31.4 Å². The van der Waals surface area contributed by atoms with Crippen molar-refractivity contribution in [1.29, 1.82) is 0 Å². The molecule has 3 rings (SSSR count). The van der Waals surface area contributed by atoms with Gasteiger partial charge in [0.25, 0.3) is 0 Å². The molecular weight excluding hydrogens is 398 g/mol. The molecule has 0 unspecified atom stereocenters. The van der Waals surface area contributed by atoms with Gasteiger partial charge in [-0.3, -0.25) is 4.90 Å². The van der Waals surface area contributed by atoms with E-state index in [1.165, 1.54) is 11.1 Å². The first kappa shape index (κ1) is 24.4. The lowest BCUT2D eigenvalue weighted by Gasteiger charge is -2.27. The molecule has 0 saturated carbocycles. The second kappa shape index (κ2) is 12.1. The fourth-order valence-corrected chi connectivity index (χ4v) is 3.29. The van der Waals surface area contributed by atoms with Gasteiger partial charge in [-0.05, 0) is 29.7 Å². The van der Waals surface area contributed by atoms with Crippen molar-refractivity contribution < 1.29 is 29.3 Å². The van der Waals surface area contributed by atoms with Crippen molar-refractivity contribution in [2.45, 2.75) is 25.7 Å². The van der Waals surface area contributed by atoms with Crippen LogP contribution < -0.4 is 4.74 Å². The summed E-state index contributed by atoms with van der Waals surface area (Å²) in [6.07, 6.45) is 1.05. The highest BCUT2D eigenvalue weighted by atomic mass is 16.5. The van der Waals surface area contributed by atoms with Gasteiger partial charge < -0.3 is 19.7 Å². The SMILES string of the molecule is CC(C)(c1ccccc1)c1ccc(OCCCN2CCOCC2)cc1.O=C(O)C(=O)O. The zero-order chi connectivity index (χ0) is 22.7. The van der Waals surface area contributed by atoms with E-state index < -0.39 is 11.9 Å². The molecule has 7 nitrogen and oxygen atoms in total. The Hall–Kier alpha value is -2.90. The van der Waals surface area contributed by atoms with E-state index in [1.807, 2.05) is 0 Å². The summed E-state index contributed by atoms with van der Waals surface area (Å²) in [5.41, 5.74) is 2.63. The maximum Gasteiger partial charge on any atom is 0.414 e. The zero-order valence-corrected chi connectivity index (χ0v) is 18.1. The Kier molecular flexibility index (Phi) is 9.49. The average Bonchev–Trinajstić information content (AvgIpc) is 2.79. The van der Waals surface area contributed by atoms with Crippen LogP contribution in [-0.2, 0) is 19.7 Å². The summed E-state index contributed by atoms with van der Waals surface area (Å²) in [4.78, 5) is 20.6. The van der Waals surface area contributed by atoms with Crippen molar-refractivity contribution in [3.63, 3.8) is 0 Å². The van der Waals surface area contributed by atoms with Crippen LogP contribution in [0.25, 0.3) is 0 Å². The topological polar surface area (TPSA) is 96.3 Å². The lowest BCUT2D eigenvalue weighted by atomic mass is 9.78. The summed E-state index contributed by atoms with van der Waals surface area (Å²) in [5, 5.41) is 14.8. The number of benzene rings is 2. The monoisotopic (exact) mass is 429 g/mol. The third-order valence-corrected chi connectivity index (χ3v) is 5.25. The van der Waals surface area contributed by atoms with Gasteiger partial charge in [0.2, 0.25) is 0 Å². The Balaban J connectivity index is 0.000000501. The van der Waals surface area contributed by atoms with E-state index in [0.29, 0.717) is 0 Å². The molecule has 7 heteroatoms. The van der Waals surface area contributed by atoms with E-state index in [-0.39, 0.29) is 5.41 Å². The van der Waals surface area contributed by atoms with Crippen LogP contribution in [-0.4, -0.2) is 66.5 Å². The number of morpholine rings is 1. The van der Waals surface area contributed by atoms with Gasteiger partial charge in [0, 0.05) is 25.0 Å². The lowest BCUT2D eigenvalue weighted by molar-refractivity contribution is -0.159. The number of rotatable bonds is 7. The Morgan fingerprint density at radius 2 is 1.48 bits per heavy atom. The third kappa shape index (κ3) is 8.03.